The zero-order valence-corrected chi connectivity index (χ0v) is 15.8. The van der Waals surface area contributed by atoms with Crippen molar-refractivity contribution in [1.29, 1.82) is 0 Å². The lowest BCUT2D eigenvalue weighted by molar-refractivity contribution is -0.843. The highest BCUT2D eigenvalue weighted by molar-refractivity contribution is 5.87. The van der Waals surface area contributed by atoms with Crippen molar-refractivity contribution < 1.29 is 22.2 Å². The maximum absolute atomic E-state index is 10.9. The Morgan fingerprint density at radius 1 is 1.11 bits per heavy atom. The van der Waals surface area contributed by atoms with Crippen LogP contribution in [0.1, 0.15) is 19.8 Å². The fourth-order valence-corrected chi connectivity index (χ4v) is 3.71. The summed E-state index contributed by atoms with van der Waals surface area (Å²) >= 11 is 0. The van der Waals surface area contributed by atoms with Crippen molar-refractivity contribution in [3.8, 4) is 11.4 Å². The van der Waals surface area contributed by atoms with E-state index in [1.165, 1.54) is 29.9 Å². The number of rotatable bonds is 3. The van der Waals surface area contributed by atoms with Gasteiger partial charge in [-0.3, -0.25) is 15.0 Å². The van der Waals surface area contributed by atoms with E-state index < -0.39 is 4.92 Å². The summed E-state index contributed by atoms with van der Waals surface area (Å²) < 4.78 is 0. The molecule has 2 unspecified atom stereocenters. The van der Waals surface area contributed by atoms with Gasteiger partial charge in [0.05, 0.1) is 28.9 Å². The Balaban J connectivity index is 0.00000210. The summed E-state index contributed by atoms with van der Waals surface area (Å²) in [7, 11) is 0. The highest BCUT2D eigenvalue weighted by Gasteiger charge is 2.25. The number of para-hydroxylation sites is 1. The molecule has 0 aliphatic carbocycles. The first-order valence-electron chi connectivity index (χ1n) is 8.98. The molecule has 0 radical (unpaired) electrons. The number of non-ortho nitro benzene ring substituents is 1. The van der Waals surface area contributed by atoms with E-state index in [0.29, 0.717) is 11.7 Å². The first kappa shape index (κ1) is 19.2. The Labute approximate surface area is 163 Å². The lowest BCUT2D eigenvalue weighted by Crippen LogP contribution is -3.09. The van der Waals surface area contributed by atoms with Gasteiger partial charge in [0.1, 0.15) is 0 Å². The molecule has 0 bridgehead atoms. The molecule has 1 aliphatic heterocycles. The molecular weight excluding hydrogens is 364 g/mol. The molecule has 1 N–H and O–H groups in total. The zero-order valence-electron chi connectivity index (χ0n) is 15.1. The van der Waals surface area contributed by atoms with Crippen molar-refractivity contribution in [2.24, 2.45) is 5.92 Å². The van der Waals surface area contributed by atoms with E-state index in [2.05, 4.69) is 13.0 Å². The lowest BCUT2D eigenvalue weighted by Gasteiger charge is -2.27. The first-order valence-corrected chi connectivity index (χ1v) is 8.98. The van der Waals surface area contributed by atoms with Crippen LogP contribution in [0.15, 0.2) is 48.5 Å². The number of nitro benzene ring substituents is 1. The zero-order chi connectivity index (χ0) is 18.1. The van der Waals surface area contributed by atoms with Crippen LogP contribution >= 0.6 is 0 Å². The van der Waals surface area contributed by atoms with Gasteiger partial charge in [-0.1, -0.05) is 19.1 Å². The summed E-state index contributed by atoms with van der Waals surface area (Å²) in [6.07, 6.45) is 2.46. The molecule has 2 heterocycles. The second kappa shape index (κ2) is 7.98. The van der Waals surface area contributed by atoms with Crippen LogP contribution in [-0.2, 0) is 0 Å². The van der Waals surface area contributed by atoms with Crippen LogP contribution in [0.2, 0.25) is 0 Å². The van der Waals surface area contributed by atoms with Crippen molar-refractivity contribution in [1.82, 2.24) is 9.97 Å². The summed E-state index contributed by atoms with van der Waals surface area (Å²) in [5.41, 5.74) is 1.79. The number of halogens is 1. The molecule has 0 amide bonds. The Morgan fingerprint density at radius 2 is 1.85 bits per heavy atom. The number of fused-ring (bicyclic) bond motifs is 1. The third-order valence-corrected chi connectivity index (χ3v) is 5.04. The van der Waals surface area contributed by atoms with E-state index in [4.69, 9.17) is 9.97 Å². The number of hydrogen-bond acceptors (Lipinski definition) is 4. The van der Waals surface area contributed by atoms with Crippen LogP contribution in [-0.4, -0.2) is 28.0 Å². The van der Waals surface area contributed by atoms with Crippen molar-refractivity contribution >= 4 is 22.4 Å². The van der Waals surface area contributed by atoms with Gasteiger partial charge in [-0.15, -0.1) is 0 Å². The van der Waals surface area contributed by atoms with Gasteiger partial charge in [0.15, 0.2) is 5.82 Å². The number of nitro groups is 1. The average molecular weight is 385 g/mol. The molecule has 0 spiro atoms. The topological polar surface area (TPSA) is 73.4 Å². The van der Waals surface area contributed by atoms with Gasteiger partial charge in [-0.05, 0) is 37.1 Å². The summed E-state index contributed by atoms with van der Waals surface area (Å²) in [6, 6.07) is 14.5. The lowest BCUT2D eigenvalue weighted by atomic mass is 10.00. The van der Waals surface area contributed by atoms with Gasteiger partial charge in [0.25, 0.3) is 5.69 Å². The molecule has 140 valence electrons. The number of benzene rings is 2. The normalized spacial score (nSPS) is 19.4. The standard InChI is InChI=1S/C20H20N4O2.ClH/c1-14-5-4-12-23(13-14)20-17-6-2-3-7-18(17)21-19(22-20)15-8-10-16(11-9-15)24(25)26;/h2-3,6-11,14H,4-5,12-13H2,1H3;1H. The Hall–Kier alpha value is -2.57. The quantitative estimate of drug-likeness (QED) is 0.515. The number of nitrogens with zero attached hydrogens (tertiary/aromatic N) is 3. The predicted molar refractivity (Wildman–Crippen MR) is 100 cm³/mol. The highest BCUT2D eigenvalue weighted by atomic mass is 35.5. The van der Waals surface area contributed by atoms with Gasteiger partial charge in [-0.25, -0.2) is 4.98 Å². The number of nitrogens with one attached hydrogen (secondary N) is 1. The fourth-order valence-electron chi connectivity index (χ4n) is 3.71. The molecule has 0 saturated carbocycles. The maximum Gasteiger partial charge on any atom is 0.269 e. The van der Waals surface area contributed by atoms with Crippen molar-refractivity contribution in [3.63, 3.8) is 0 Å². The first-order chi connectivity index (χ1) is 12.6. The smallest absolute Gasteiger partial charge is 0.269 e. The van der Waals surface area contributed by atoms with Crippen LogP contribution in [0.4, 0.5) is 11.5 Å². The van der Waals surface area contributed by atoms with Crippen LogP contribution < -0.4 is 17.3 Å². The maximum atomic E-state index is 10.9. The molecule has 1 aliphatic rings. The summed E-state index contributed by atoms with van der Waals surface area (Å²) in [6.45, 7) is 4.44. The SMILES string of the molecule is CC1CCC[NH+](c2nc(-c3ccc([N+](=O)[O-])cc3)nc3ccccc23)C1.[Cl-]. The number of quaternary nitrogens is 1. The van der Waals surface area contributed by atoms with E-state index in [1.807, 2.05) is 18.2 Å². The molecule has 6 nitrogen and oxygen atoms in total. The number of aromatic nitrogens is 2. The monoisotopic (exact) mass is 384 g/mol. The molecule has 2 aromatic carbocycles. The molecule has 3 aromatic rings. The molecule has 4 rings (SSSR count). The average Bonchev–Trinajstić information content (AvgIpc) is 2.67. The molecular formula is C20H21ClN4O2. The Morgan fingerprint density at radius 3 is 2.56 bits per heavy atom. The predicted octanol–water partition coefficient (Wildman–Crippen LogP) is 0.155. The summed E-state index contributed by atoms with van der Waals surface area (Å²) in [5, 5.41) is 12.0. The van der Waals surface area contributed by atoms with E-state index in [-0.39, 0.29) is 18.1 Å². The molecule has 7 heteroatoms. The van der Waals surface area contributed by atoms with Gasteiger partial charge in [0.2, 0.25) is 5.82 Å². The second-order valence-electron chi connectivity index (χ2n) is 7.02. The molecule has 1 saturated heterocycles. The minimum Gasteiger partial charge on any atom is -1.00 e. The molecule has 1 aromatic heterocycles. The summed E-state index contributed by atoms with van der Waals surface area (Å²) in [5.74, 6) is 2.34. The van der Waals surface area contributed by atoms with Crippen LogP contribution in [0, 0.1) is 16.0 Å². The van der Waals surface area contributed by atoms with E-state index in [9.17, 15) is 10.1 Å². The molecule has 1 fully saturated rings. The Kier molecular flexibility index (Phi) is 5.68. The van der Waals surface area contributed by atoms with Crippen molar-refractivity contribution in [2.45, 2.75) is 19.8 Å². The van der Waals surface area contributed by atoms with E-state index in [1.54, 1.807) is 12.1 Å². The third-order valence-electron chi connectivity index (χ3n) is 5.04. The largest absolute Gasteiger partial charge is 1.00 e. The molecule has 27 heavy (non-hydrogen) atoms. The Bertz CT molecular complexity index is 962. The van der Waals surface area contributed by atoms with E-state index in [0.717, 1.165) is 35.4 Å². The third kappa shape index (κ3) is 3.91. The van der Waals surface area contributed by atoms with Crippen LogP contribution in [0.5, 0.6) is 0 Å². The number of hydrogen-bond donors (Lipinski definition) is 1. The number of piperidine rings is 1. The van der Waals surface area contributed by atoms with E-state index >= 15 is 0 Å². The van der Waals surface area contributed by atoms with Crippen molar-refractivity contribution in [3.05, 3.63) is 58.6 Å². The minimum atomic E-state index is -0.393. The second-order valence-corrected chi connectivity index (χ2v) is 7.02. The summed E-state index contributed by atoms with van der Waals surface area (Å²) in [4.78, 5) is 21.5. The highest BCUT2D eigenvalue weighted by Crippen LogP contribution is 2.25. The van der Waals surface area contributed by atoms with Crippen molar-refractivity contribution in [2.75, 3.05) is 13.1 Å². The van der Waals surface area contributed by atoms with Gasteiger partial charge in [-0.2, -0.15) is 4.98 Å². The van der Waals surface area contributed by atoms with Gasteiger partial charge >= 0.3 is 0 Å². The van der Waals surface area contributed by atoms with Crippen LogP contribution in [0.25, 0.3) is 22.3 Å². The van der Waals surface area contributed by atoms with Gasteiger partial charge in [0, 0.05) is 23.6 Å². The van der Waals surface area contributed by atoms with Crippen LogP contribution in [0.3, 0.4) is 0 Å². The van der Waals surface area contributed by atoms with Gasteiger partial charge < -0.3 is 12.4 Å². The molecule has 2 atom stereocenters. The fraction of sp³-hybridized carbons (Fsp3) is 0.300. The minimum absolute atomic E-state index is 0.